The smallest absolute Gasteiger partial charge is 0.225 e. The van der Waals surface area contributed by atoms with Gasteiger partial charge in [-0.2, -0.15) is 4.52 Å². The SMILES string of the molecule is CC(C)C(=O)N1CCN(c2nn3c(NC(C)(C)C)c(-c4ccccc4)nc3s2)CC1. The van der Waals surface area contributed by atoms with E-state index in [1.165, 1.54) is 0 Å². The third-order valence-electron chi connectivity index (χ3n) is 5.09. The normalized spacial score (nSPS) is 15.3. The van der Waals surface area contributed by atoms with Crippen LogP contribution < -0.4 is 10.2 Å². The molecule has 1 aliphatic rings. The molecule has 7 nitrogen and oxygen atoms in total. The monoisotopic (exact) mass is 426 g/mol. The molecule has 1 amide bonds. The van der Waals surface area contributed by atoms with Gasteiger partial charge in [0.15, 0.2) is 5.82 Å². The number of fused-ring (bicyclic) bond motifs is 1. The first-order valence-corrected chi connectivity index (χ1v) is 11.3. The van der Waals surface area contributed by atoms with Crippen LogP contribution in [0.2, 0.25) is 0 Å². The first-order valence-electron chi connectivity index (χ1n) is 10.5. The maximum Gasteiger partial charge on any atom is 0.225 e. The van der Waals surface area contributed by atoms with Crippen molar-refractivity contribution in [3.63, 3.8) is 0 Å². The molecule has 0 spiro atoms. The third kappa shape index (κ3) is 4.14. The molecule has 0 bridgehead atoms. The van der Waals surface area contributed by atoms with Crippen LogP contribution in [-0.4, -0.2) is 57.1 Å². The molecule has 1 aromatic carbocycles. The molecule has 3 heterocycles. The number of amides is 1. The fraction of sp³-hybridized carbons (Fsp3) is 0.500. The lowest BCUT2D eigenvalue weighted by Gasteiger charge is -2.35. The van der Waals surface area contributed by atoms with Gasteiger partial charge in [0.1, 0.15) is 5.69 Å². The summed E-state index contributed by atoms with van der Waals surface area (Å²) in [5, 5.41) is 9.45. The largest absolute Gasteiger partial charge is 0.364 e. The molecule has 1 N–H and O–H groups in total. The zero-order chi connectivity index (χ0) is 21.5. The number of imidazole rings is 1. The van der Waals surface area contributed by atoms with Crippen LogP contribution in [0.25, 0.3) is 16.2 Å². The van der Waals surface area contributed by atoms with Crippen LogP contribution in [0, 0.1) is 5.92 Å². The number of hydrogen-bond donors (Lipinski definition) is 1. The van der Waals surface area contributed by atoms with Crippen molar-refractivity contribution < 1.29 is 4.79 Å². The number of anilines is 2. The van der Waals surface area contributed by atoms with Crippen molar-refractivity contribution >= 4 is 33.2 Å². The molecule has 8 heteroatoms. The van der Waals surface area contributed by atoms with Gasteiger partial charge in [-0.25, -0.2) is 4.98 Å². The van der Waals surface area contributed by atoms with E-state index in [2.05, 4.69) is 43.1 Å². The van der Waals surface area contributed by atoms with Crippen LogP contribution in [0.1, 0.15) is 34.6 Å². The Labute approximate surface area is 181 Å². The van der Waals surface area contributed by atoms with Gasteiger partial charge in [0.05, 0.1) is 0 Å². The van der Waals surface area contributed by atoms with E-state index in [9.17, 15) is 4.79 Å². The summed E-state index contributed by atoms with van der Waals surface area (Å²) in [7, 11) is 0. The second-order valence-electron chi connectivity index (χ2n) is 9.10. The van der Waals surface area contributed by atoms with Gasteiger partial charge in [0, 0.05) is 43.2 Å². The highest BCUT2D eigenvalue weighted by Crippen LogP contribution is 2.34. The van der Waals surface area contributed by atoms with E-state index >= 15 is 0 Å². The van der Waals surface area contributed by atoms with Gasteiger partial charge in [-0.3, -0.25) is 4.79 Å². The Kier molecular flexibility index (Phi) is 5.44. The molecule has 0 saturated carbocycles. The number of nitrogens with one attached hydrogen (secondary N) is 1. The highest BCUT2D eigenvalue weighted by molar-refractivity contribution is 7.20. The van der Waals surface area contributed by atoms with E-state index in [4.69, 9.17) is 10.1 Å². The summed E-state index contributed by atoms with van der Waals surface area (Å²) in [6.45, 7) is 13.4. The molecule has 4 rings (SSSR count). The van der Waals surface area contributed by atoms with E-state index in [0.29, 0.717) is 0 Å². The Morgan fingerprint density at radius 2 is 1.77 bits per heavy atom. The second kappa shape index (κ2) is 7.91. The van der Waals surface area contributed by atoms with Crippen molar-refractivity contribution in [2.75, 3.05) is 36.4 Å². The molecule has 0 atom stereocenters. The molecule has 1 saturated heterocycles. The van der Waals surface area contributed by atoms with Crippen LogP contribution in [0.3, 0.4) is 0 Å². The van der Waals surface area contributed by atoms with Crippen LogP contribution in [0.4, 0.5) is 10.9 Å². The second-order valence-corrected chi connectivity index (χ2v) is 10.0. The fourth-order valence-corrected chi connectivity index (χ4v) is 4.57. The maximum absolute atomic E-state index is 12.3. The Morgan fingerprint density at radius 3 is 2.37 bits per heavy atom. The van der Waals surface area contributed by atoms with Crippen LogP contribution in [0.5, 0.6) is 0 Å². The molecule has 30 heavy (non-hydrogen) atoms. The van der Waals surface area contributed by atoms with Gasteiger partial charge < -0.3 is 15.1 Å². The molecule has 0 unspecified atom stereocenters. The molecular weight excluding hydrogens is 396 g/mol. The van der Waals surface area contributed by atoms with Crippen molar-refractivity contribution in [1.29, 1.82) is 0 Å². The van der Waals surface area contributed by atoms with Gasteiger partial charge in [-0.15, -0.1) is 5.10 Å². The summed E-state index contributed by atoms with van der Waals surface area (Å²) >= 11 is 1.60. The lowest BCUT2D eigenvalue weighted by atomic mass is 10.1. The maximum atomic E-state index is 12.3. The molecule has 0 radical (unpaired) electrons. The number of carbonyl (C=O) groups is 1. The number of rotatable bonds is 4. The predicted molar refractivity (Wildman–Crippen MR) is 123 cm³/mol. The third-order valence-corrected chi connectivity index (χ3v) is 6.06. The highest BCUT2D eigenvalue weighted by atomic mass is 32.1. The number of piperazine rings is 1. The summed E-state index contributed by atoms with van der Waals surface area (Å²) in [5.74, 6) is 1.19. The van der Waals surface area contributed by atoms with E-state index in [1.54, 1.807) is 11.3 Å². The zero-order valence-corrected chi connectivity index (χ0v) is 19.2. The summed E-state index contributed by atoms with van der Waals surface area (Å²) in [5.41, 5.74) is 1.87. The fourth-order valence-electron chi connectivity index (χ4n) is 3.61. The van der Waals surface area contributed by atoms with Crippen LogP contribution in [-0.2, 0) is 4.79 Å². The minimum atomic E-state index is -0.119. The average molecular weight is 427 g/mol. The van der Waals surface area contributed by atoms with Gasteiger partial charge in [-0.05, 0) is 20.8 Å². The molecule has 0 aliphatic carbocycles. The van der Waals surface area contributed by atoms with Crippen molar-refractivity contribution in [3.8, 4) is 11.3 Å². The van der Waals surface area contributed by atoms with Gasteiger partial charge >= 0.3 is 0 Å². The summed E-state index contributed by atoms with van der Waals surface area (Å²) < 4.78 is 1.93. The van der Waals surface area contributed by atoms with Crippen molar-refractivity contribution in [2.24, 2.45) is 5.92 Å². The summed E-state index contributed by atoms with van der Waals surface area (Å²) in [4.78, 5) is 22.3. The first-order chi connectivity index (χ1) is 14.2. The molecule has 2 aromatic heterocycles. The Morgan fingerprint density at radius 1 is 1.10 bits per heavy atom. The predicted octanol–water partition coefficient (Wildman–Crippen LogP) is 3.97. The topological polar surface area (TPSA) is 65.8 Å². The lowest BCUT2D eigenvalue weighted by molar-refractivity contribution is -0.134. The zero-order valence-electron chi connectivity index (χ0n) is 18.3. The van der Waals surface area contributed by atoms with Gasteiger partial charge in [-0.1, -0.05) is 55.5 Å². The number of nitrogens with zero attached hydrogens (tertiary/aromatic N) is 5. The van der Waals surface area contributed by atoms with E-state index in [-0.39, 0.29) is 17.4 Å². The van der Waals surface area contributed by atoms with Crippen molar-refractivity contribution in [3.05, 3.63) is 30.3 Å². The quantitative estimate of drug-likeness (QED) is 0.684. The van der Waals surface area contributed by atoms with Crippen molar-refractivity contribution in [1.82, 2.24) is 19.5 Å². The Hall–Kier alpha value is -2.61. The average Bonchev–Trinajstić information content (AvgIpc) is 3.26. The number of hydrogen-bond acceptors (Lipinski definition) is 6. The lowest BCUT2D eigenvalue weighted by Crippen LogP contribution is -2.49. The standard InChI is InChI=1S/C22H30N6OS/c1-15(2)19(29)26-11-13-27(14-12-26)21-25-28-18(24-22(3,4)5)17(23-20(28)30-21)16-9-7-6-8-10-16/h6-10,15,24H,11-14H2,1-5H3. The molecule has 3 aromatic rings. The molecular formula is C22H30N6OS. The number of aromatic nitrogens is 3. The van der Waals surface area contributed by atoms with Crippen molar-refractivity contribution in [2.45, 2.75) is 40.2 Å². The molecule has 1 aliphatic heterocycles. The van der Waals surface area contributed by atoms with Gasteiger partial charge in [0.2, 0.25) is 16.0 Å². The minimum Gasteiger partial charge on any atom is -0.364 e. The first kappa shape index (κ1) is 20.7. The van der Waals surface area contributed by atoms with Crippen LogP contribution in [0.15, 0.2) is 30.3 Å². The van der Waals surface area contributed by atoms with Crippen LogP contribution >= 0.6 is 11.3 Å². The van der Waals surface area contributed by atoms with E-state index in [0.717, 1.165) is 53.3 Å². The van der Waals surface area contributed by atoms with E-state index in [1.807, 2.05) is 41.5 Å². The molecule has 160 valence electrons. The number of benzene rings is 1. The minimum absolute atomic E-state index is 0.0437. The van der Waals surface area contributed by atoms with Gasteiger partial charge in [0.25, 0.3) is 0 Å². The highest BCUT2D eigenvalue weighted by Gasteiger charge is 2.27. The Bertz CT molecular complexity index is 1030. The van der Waals surface area contributed by atoms with E-state index < -0.39 is 0 Å². The number of carbonyl (C=O) groups excluding carboxylic acids is 1. The summed E-state index contributed by atoms with van der Waals surface area (Å²) in [6.07, 6.45) is 0. The summed E-state index contributed by atoms with van der Waals surface area (Å²) in [6, 6.07) is 10.2. The molecule has 1 fully saturated rings. The Balaban J connectivity index is 1.63.